The van der Waals surface area contributed by atoms with E-state index >= 15 is 0 Å². The Kier molecular flexibility index (Phi) is 6.59. The van der Waals surface area contributed by atoms with Crippen molar-refractivity contribution >= 4 is 12.4 Å². The first-order valence-electron chi connectivity index (χ1n) is 3.75. The smallest absolute Gasteiger partial charge is 0.445 e. The molecule has 0 saturated carbocycles. The number of halogens is 3. The summed E-state index contributed by atoms with van der Waals surface area (Å²) in [5.74, 6) is 0. The summed E-state index contributed by atoms with van der Waals surface area (Å²) in [4.78, 5) is 0. The van der Waals surface area contributed by atoms with Crippen LogP contribution in [0.3, 0.4) is 0 Å². The van der Waals surface area contributed by atoms with Crippen molar-refractivity contribution in [2.24, 2.45) is 0 Å². The molecule has 3 nitrogen and oxygen atoms in total. The summed E-state index contributed by atoms with van der Waals surface area (Å²) in [5, 5.41) is 3.55. The molecule has 8 heteroatoms. The second kappa shape index (κ2) is 6.29. The number of hydrogen-bond acceptors (Lipinski definition) is 2. The largest absolute Gasteiger partial charge is 1.00 e. The fourth-order valence-electron chi connectivity index (χ4n) is 0.856. The van der Waals surface area contributed by atoms with Gasteiger partial charge >= 0.3 is 58.4 Å². The van der Waals surface area contributed by atoms with Crippen LogP contribution < -0.4 is 56.8 Å². The van der Waals surface area contributed by atoms with Gasteiger partial charge in [0.1, 0.15) is 0 Å². The van der Waals surface area contributed by atoms with Crippen LogP contribution in [-0.4, -0.2) is 30.5 Å². The average molecular weight is 232 g/mol. The first kappa shape index (κ1) is 14.7. The van der Waals surface area contributed by atoms with Gasteiger partial charge in [0.15, 0.2) is 0 Å². The van der Waals surface area contributed by atoms with Gasteiger partial charge in [-0.2, -0.15) is 5.10 Å². The van der Waals surface area contributed by atoms with Crippen LogP contribution in [0.1, 0.15) is 0 Å². The van der Waals surface area contributed by atoms with Crippen LogP contribution in [0.5, 0.6) is 0 Å². The zero-order chi connectivity index (χ0) is 9.90. The van der Waals surface area contributed by atoms with Crippen molar-refractivity contribution in [2.75, 3.05) is 13.7 Å². The molecule has 1 aromatic heterocycles. The number of hydrogen-bond donors (Lipinski definition) is 0. The van der Waals surface area contributed by atoms with E-state index < -0.39 is 12.4 Å². The topological polar surface area (TPSA) is 27.1 Å². The van der Waals surface area contributed by atoms with Crippen LogP contribution in [0.25, 0.3) is 0 Å². The molecule has 1 rings (SSSR count). The molecule has 0 aliphatic rings. The first-order valence-corrected chi connectivity index (χ1v) is 3.75. The van der Waals surface area contributed by atoms with E-state index in [4.69, 9.17) is 4.74 Å². The zero-order valence-corrected chi connectivity index (χ0v) is 11.2. The minimum Gasteiger partial charge on any atom is -0.445 e. The van der Waals surface area contributed by atoms with Gasteiger partial charge in [-0.15, -0.1) is 0 Å². The molecule has 0 aliphatic carbocycles. The molecule has 0 fully saturated rings. The molecule has 0 bridgehead atoms. The zero-order valence-electron chi connectivity index (χ0n) is 8.08. The summed E-state index contributed by atoms with van der Waals surface area (Å²) in [7, 11) is 1.48. The molecule has 1 heterocycles. The molecular weight excluding hydrogens is 223 g/mol. The summed E-state index contributed by atoms with van der Waals surface area (Å²) in [6.45, 7) is -4.24. The second-order valence-electron chi connectivity index (χ2n) is 2.60. The molecule has 1 aromatic rings. The van der Waals surface area contributed by atoms with Crippen molar-refractivity contribution in [1.29, 1.82) is 0 Å². The number of aromatic nitrogens is 2. The second-order valence-corrected chi connectivity index (χ2v) is 2.60. The van der Waals surface area contributed by atoms with Gasteiger partial charge in [-0.25, -0.2) is 0 Å². The molecule has 0 aromatic carbocycles. The van der Waals surface area contributed by atoms with Gasteiger partial charge in [-0.05, 0) is 6.20 Å². The fraction of sp³-hybridized carbons (Fsp3) is 0.500. The van der Waals surface area contributed by atoms with Crippen LogP contribution in [-0.2, 0) is 11.3 Å². The van der Waals surface area contributed by atoms with Gasteiger partial charge in [-0.1, -0.05) is 5.46 Å². The van der Waals surface area contributed by atoms with E-state index in [2.05, 4.69) is 5.10 Å². The fourth-order valence-corrected chi connectivity index (χ4v) is 0.856. The maximum absolute atomic E-state index is 12.1. The summed E-state index contributed by atoms with van der Waals surface area (Å²) in [5.41, 5.74) is -0.670. The number of rotatable bonds is 4. The van der Waals surface area contributed by atoms with Gasteiger partial charge in [0, 0.05) is 13.3 Å². The van der Waals surface area contributed by atoms with E-state index in [1.165, 1.54) is 11.8 Å². The van der Waals surface area contributed by atoms with Crippen molar-refractivity contribution in [3.63, 3.8) is 0 Å². The Morgan fingerprint density at radius 2 is 2.14 bits per heavy atom. The Bertz CT molecular complexity index is 278. The monoisotopic (exact) mass is 232 g/mol. The summed E-state index contributed by atoms with van der Waals surface area (Å²) in [6.07, 6.45) is 1.81. The van der Waals surface area contributed by atoms with Crippen molar-refractivity contribution < 1.29 is 69.1 Å². The normalized spacial score (nSPS) is 11.1. The summed E-state index contributed by atoms with van der Waals surface area (Å²) >= 11 is 0. The van der Waals surface area contributed by atoms with Gasteiger partial charge in [-0.3, -0.25) is 4.68 Å². The van der Waals surface area contributed by atoms with Crippen molar-refractivity contribution in [1.82, 2.24) is 9.78 Å². The van der Waals surface area contributed by atoms with Crippen LogP contribution >= 0.6 is 0 Å². The molecular formula is C6H9BF3KN2O. The quantitative estimate of drug-likeness (QED) is 0.540. The SMILES string of the molecule is COCCn1cc([B-](F)(F)F)cn1.[K+]. The van der Waals surface area contributed by atoms with E-state index in [9.17, 15) is 12.9 Å². The van der Waals surface area contributed by atoms with E-state index in [1.54, 1.807) is 0 Å². The molecule has 0 unspecified atom stereocenters. The molecule has 0 amide bonds. The predicted octanol–water partition coefficient (Wildman–Crippen LogP) is -2.41. The third-order valence-electron chi connectivity index (χ3n) is 1.56. The standard InChI is InChI=1S/C6H9BF3N2O.K/c1-13-3-2-12-5-6(4-11-12)7(8,9)10;/h4-5H,2-3H2,1H3;/q-1;+1. The Labute approximate surface area is 122 Å². The minimum absolute atomic E-state index is 0. The third kappa shape index (κ3) is 4.45. The number of methoxy groups -OCH3 is 1. The maximum atomic E-state index is 12.1. The van der Waals surface area contributed by atoms with Gasteiger partial charge in [0.05, 0.1) is 13.2 Å². The predicted molar refractivity (Wildman–Crippen MR) is 42.8 cm³/mol. The summed E-state index contributed by atoms with van der Waals surface area (Å²) in [6, 6.07) is 0. The molecule has 14 heavy (non-hydrogen) atoms. The molecule has 0 N–H and O–H groups in total. The van der Waals surface area contributed by atoms with E-state index in [0.717, 1.165) is 12.4 Å². The Morgan fingerprint density at radius 1 is 1.50 bits per heavy atom. The first-order chi connectivity index (χ1) is 6.04. The van der Waals surface area contributed by atoms with Crippen molar-refractivity contribution in [2.45, 2.75) is 6.54 Å². The van der Waals surface area contributed by atoms with Crippen LogP contribution in [0.15, 0.2) is 12.4 Å². The van der Waals surface area contributed by atoms with Gasteiger partial charge in [0.25, 0.3) is 0 Å². The van der Waals surface area contributed by atoms with E-state index in [1.807, 2.05) is 0 Å². The Balaban J connectivity index is 0.00000169. The van der Waals surface area contributed by atoms with Crippen LogP contribution in [0.2, 0.25) is 0 Å². The molecule has 0 atom stereocenters. The van der Waals surface area contributed by atoms with Gasteiger partial charge < -0.3 is 17.7 Å². The van der Waals surface area contributed by atoms with Gasteiger partial charge in [0.2, 0.25) is 0 Å². The van der Waals surface area contributed by atoms with Crippen LogP contribution in [0.4, 0.5) is 12.9 Å². The van der Waals surface area contributed by atoms with E-state index in [0.29, 0.717) is 13.2 Å². The maximum Gasteiger partial charge on any atom is 1.00 e. The molecule has 0 aliphatic heterocycles. The van der Waals surface area contributed by atoms with Crippen LogP contribution in [0, 0.1) is 0 Å². The number of nitrogens with zero attached hydrogens (tertiary/aromatic N) is 2. The average Bonchev–Trinajstić information content (AvgIpc) is 2.47. The Morgan fingerprint density at radius 3 is 2.57 bits per heavy atom. The molecule has 0 saturated heterocycles. The molecule has 74 valence electrons. The minimum atomic E-state index is -4.93. The molecule has 0 radical (unpaired) electrons. The summed E-state index contributed by atoms with van der Waals surface area (Å²) < 4.78 is 42.2. The van der Waals surface area contributed by atoms with Crippen molar-refractivity contribution in [3.8, 4) is 0 Å². The van der Waals surface area contributed by atoms with Crippen molar-refractivity contribution in [3.05, 3.63) is 12.4 Å². The number of ether oxygens (including phenoxy) is 1. The third-order valence-corrected chi connectivity index (χ3v) is 1.56. The molecule has 0 spiro atoms. The Hall–Kier alpha value is 0.661. The van der Waals surface area contributed by atoms with E-state index in [-0.39, 0.29) is 51.4 Å².